The second-order valence-corrected chi connectivity index (χ2v) is 8.26. The van der Waals surface area contributed by atoms with E-state index in [9.17, 15) is 14.0 Å². The van der Waals surface area contributed by atoms with E-state index < -0.39 is 5.82 Å². The molecule has 2 aromatic heterocycles. The van der Waals surface area contributed by atoms with Gasteiger partial charge in [-0.3, -0.25) is 9.59 Å². The fourth-order valence-corrected chi connectivity index (χ4v) is 3.81. The highest BCUT2D eigenvalue weighted by Crippen LogP contribution is 2.23. The van der Waals surface area contributed by atoms with Crippen LogP contribution in [0.15, 0.2) is 52.8 Å². The van der Waals surface area contributed by atoms with Gasteiger partial charge >= 0.3 is 0 Å². The van der Waals surface area contributed by atoms with Gasteiger partial charge in [-0.1, -0.05) is 6.07 Å². The molecule has 9 heteroatoms. The first-order chi connectivity index (χ1) is 12.9. The van der Waals surface area contributed by atoms with Crippen LogP contribution in [-0.4, -0.2) is 39.9 Å². The minimum absolute atomic E-state index is 0.0794. The van der Waals surface area contributed by atoms with Crippen LogP contribution in [-0.2, 0) is 11.3 Å². The first-order valence-corrected chi connectivity index (χ1v) is 9.59. The molecule has 1 aromatic carbocycles. The van der Waals surface area contributed by atoms with Crippen LogP contribution >= 0.6 is 27.3 Å². The van der Waals surface area contributed by atoms with E-state index in [0.29, 0.717) is 16.1 Å². The van der Waals surface area contributed by atoms with Crippen molar-refractivity contribution in [2.75, 3.05) is 13.6 Å². The van der Waals surface area contributed by atoms with E-state index in [1.165, 1.54) is 28.6 Å². The number of aromatic nitrogens is 2. The van der Waals surface area contributed by atoms with Gasteiger partial charge in [-0.25, -0.2) is 9.37 Å². The molecule has 0 unspecified atom stereocenters. The van der Waals surface area contributed by atoms with E-state index in [1.54, 1.807) is 48.3 Å². The average Bonchev–Trinajstić information content (AvgIpc) is 3.31. The van der Waals surface area contributed by atoms with Crippen molar-refractivity contribution in [1.82, 2.24) is 19.8 Å². The van der Waals surface area contributed by atoms with Gasteiger partial charge in [0.1, 0.15) is 5.82 Å². The number of hydrogen-bond donors (Lipinski definition) is 1. The maximum absolute atomic E-state index is 14.2. The summed E-state index contributed by atoms with van der Waals surface area (Å²) in [5.74, 6) is -0.951. The monoisotopic (exact) mass is 450 g/mol. The minimum atomic E-state index is -0.407. The molecule has 6 nitrogen and oxygen atoms in total. The Morgan fingerprint density at radius 2 is 2.15 bits per heavy atom. The van der Waals surface area contributed by atoms with Gasteiger partial charge in [0.05, 0.1) is 27.2 Å². The Balaban J connectivity index is 1.54. The molecule has 3 rings (SSSR count). The smallest absolute Gasteiger partial charge is 0.264 e. The molecule has 2 heterocycles. The molecule has 3 aromatic rings. The highest BCUT2D eigenvalue weighted by atomic mass is 79.9. The zero-order chi connectivity index (χ0) is 19.4. The van der Waals surface area contributed by atoms with Crippen molar-refractivity contribution in [3.63, 3.8) is 0 Å². The Bertz CT molecular complexity index is 958. The summed E-state index contributed by atoms with van der Waals surface area (Å²) >= 11 is 4.62. The first kappa shape index (κ1) is 19.2. The van der Waals surface area contributed by atoms with Crippen LogP contribution in [0.3, 0.4) is 0 Å². The summed E-state index contributed by atoms with van der Waals surface area (Å²) in [5.41, 5.74) is 1.01. The number of halogens is 2. The molecule has 0 saturated heterocycles. The summed E-state index contributed by atoms with van der Waals surface area (Å²) in [6, 6.07) is 8.22. The predicted molar refractivity (Wildman–Crippen MR) is 104 cm³/mol. The molecule has 27 heavy (non-hydrogen) atoms. The fraction of sp³-hybridized carbons (Fsp3) is 0.167. The van der Waals surface area contributed by atoms with Gasteiger partial charge in [0.25, 0.3) is 5.91 Å². The number of likely N-dealkylation sites (N-methyl/N-ethyl adjacent to an activating group) is 1. The molecule has 0 saturated carbocycles. The largest absolute Gasteiger partial charge is 0.350 e. The molecule has 0 atom stereocenters. The normalized spacial score (nSPS) is 10.6. The molecule has 0 fully saturated rings. The van der Waals surface area contributed by atoms with Gasteiger partial charge in [0, 0.05) is 26.0 Å². The number of imidazole rings is 1. The molecular weight excluding hydrogens is 435 g/mol. The Morgan fingerprint density at radius 1 is 1.33 bits per heavy atom. The van der Waals surface area contributed by atoms with Crippen molar-refractivity contribution >= 4 is 39.1 Å². The summed E-state index contributed by atoms with van der Waals surface area (Å²) in [6.45, 7) is 0.0937. The first-order valence-electron chi connectivity index (χ1n) is 7.98. The second-order valence-electron chi connectivity index (χ2n) is 5.80. The maximum atomic E-state index is 14.2. The number of amides is 2. The third-order valence-electron chi connectivity index (χ3n) is 3.80. The highest BCUT2D eigenvalue weighted by Gasteiger charge is 2.16. The number of carbonyl (C=O) groups excluding carboxylic acids is 2. The van der Waals surface area contributed by atoms with E-state index in [4.69, 9.17) is 0 Å². The highest BCUT2D eigenvalue weighted by molar-refractivity contribution is 9.11. The molecule has 0 bridgehead atoms. The Hall–Kier alpha value is -2.52. The van der Waals surface area contributed by atoms with Crippen LogP contribution in [0.5, 0.6) is 0 Å². The van der Waals surface area contributed by atoms with Crippen LogP contribution in [0.25, 0.3) is 5.69 Å². The summed E-state index contributed by atoms with van der Waals surface area (Å²) in [6.07, 6.45) is 4.73. The van der Waals surface area contributed by atoms with Crippen molar-refractivity contribution in [2.24, 2.45) is 0 Å². The third kappa shape index (κ3) is 4.81. The van der Waals surface area contributed by atoms with Gasteiger partial charge in [-0.05, 0) is 45.8 Å². The zero-order valence-electron chi connectivity index (χ0n) is 14.4. The second kappa shape index (κ2) is 8.45. The van der Waals surface area contributed by atoms with Crippen LogP contribution in [0.4, 0.5) is 4.39 Å². The van der Waals surface area contributed by atoms with Crippen molar-refractivity contribution in [3.05, 3.63) is 69.1 Å². The van der Waals surface area contributed by atoms with Gasteiger partial charge < -0.3 is 14.8 Å². The fourth-order valence-electron chi connectivity index (χ4n) is 2.43. The quantitative estimate of drug-likeness (QED) is 0.626. The molecule has 0 aliphatic rings. The number of hydrogen-bond acceptors (Lipinski definition) is 4. The number of carbonyl (C=O) groups is 2. The molecule has 0 radical (unpaired) electrons. The lowest BCUT2D eigenvalue weighted by molar-refractivity contribution is -0.121. The summed E-state index contributed by atoms with van der Waals surface area (Å²) in [5, 5.41) is 2.70. The van der Waals surface area contributed by atoms with E-state index in [2.05, 4.69) is 26.2 Å². The zero-order valence-corrected chi connectivity index (χ0v) is 16.8. The molecule has 2 amide bonds. The number of nitrogens with one attached hydrogen (secondary N) is 1. The molecular formula is C18H16BrFN4O2S. The number of nitrogens with zero attached hydrogens (tertiary/aromatic N) is 3. The molecule has 140 valence electrons. The van der Waals surface area contributed by atoms with E-state index in [-0.39, 0.29) is 24.9 Å². The number of benzene rings is 1. The third-order valence-corrected chi connectivity index (χ3v) is 5.41. The van der Waals surface area contributed by atoms with E-state index >= 15 is 0 Å². The topological polar surface area (TPSA) is 67.2 Å². The minimum Gasteiger partial charge on any atom is -0.350 e. The lowest BCUT2D eigenvalue weighted by atomic mass is 10.2. The van der Waals surface area contributed by atoms with Crippen LogP contribution in [0.1, 0.15) is 15.2 Å². The van der Waals surface area contributed by atoms with E-state index in [1.807, 2.05) is 0 Å². The van der Waals surface area contributed by atoms with Gasteiger partial charge in [-0.2, -0.15) is 0 Å². The van der Waals surface area contributed by atoms with Crippen LogP contribution < -0.4 is 5.32 Å². The lowest BCUT2D eigenvalue weighted by Gasteiger charge is -2.16. The van der Waals surface area contributed by atoms with Crippen molar-refractivity contribution in [1.29, 1.82) is 0 Å². The SMILES string of the molecule is CN(CC(=O)NCc1ccc(-n2ccnc2)c(F)c1)C(=O)c1ccc(Br)s1. The standard InChI is InChI=1S/C18H16BrFN4O2S/c1-23(18(26)15-4-5-16(19)27-15)10-17(25)22-9-12-2-3-14(13(20)8-12)24-7-6-21-11-24/h2-8,11H,9-10H2,1H3,(H,22,25). The van der Waals surface area contributed by atoms with Crippen molar-refractivity contribution in [2.45, 2.75) is 6.54 Å². The van der Waals surface area contributed by atoms with Crippen LogP contribution in [0, 0.1) is 5.82 Å². The summed E-state index contributed by atoms with van der Waals surface area (Å²) in [7, 11) is 1.56. The lowest BCUT2D eigenvalue weighted by Crippen LogP contribution is -2.37. The van der Waals surface area contributed by atoms with Gasteiger partial charge in [0.2, 0.25) is 5.91 Å². The Kier molecular flexibility index (Phi) is 6.02. The predicted octanol–water partition coefficient (Wildman–Crippen LogP) is 3.22. The summed E-state index contributed by atoms with van der Waals surface area (Å²) in [4.78, 5) is 30.1. The Labute approximate surface area is 167 Å². The van der Waals surface area contributed by atoms with Gasteiger partial charge in [0.15, 0.2) is 0 Å². The van der Waals surface area contributed by atoms with Crippen molar-refractivity contribution in [3.8, 4) is 5.69 Å². The van der Waals surface area contributed by atoms with Crippen molar-refractivity contribution < 1.29 is 14.0 Å². The molecule has 0 spiro atoms. The Morgan fingerprint density at radius 3 is 2.78 bits per heavy atom. The number of rotatable bonds is 6. The van der Waals surface area contributed by atoms with Gasteiger partial charge in [-0.15, -0.1) is 11.3 Å². The number of thiophene rings is 1. The molecule has 1 N–H and O–H groups in total. The molecule has 0 aliphatic carbocycles. The summed E-state index contributed by atoms with van der Waals surface area (Å²) < 4.78 is 16.6. The maximum Gasteiger partial charge on any atom is 0.264 e. The van der Waals surface area contributed by atoms with E-state index in [0.717, 1.165) is 3.79 Å². The average molecular weight is 451 g/mol. The van der Waals surface area contributed by atoms with Crippen LogP contribution in [0.2, 0.25) is 0 Å². The molecule has 0 aliphatic heterocycles.